The summed E-state index contributed by atoms with van der Waals surface area (Å²) >= 11 is 0. The molecule has 1 aromatic heterocycles. The lowest BCUT2D eigenvalue weighted by Crippen LogP contribution is -2.34. The first-order valence-corrected chi connectivity index (χ1v) is 9.43. The molecule has 3 N–H and O–H groups in total. The number of hydrogen-bond acceptors (Lipinski definition) is 4. The lowest BCUT2D eigenvalue weighted by Gasteiger charge is -2.21. The minimum Gasteiger partial charge on any atom is -0.341 e. The Morgan fingerprint density at radius 2 is 2.16 bits per heavy atom. The highest BCUT2D eigenvalue weighted by atomic mass is 16.1. The molecule has 2 aromatic rings. The van der Waals surface area contributed by atoms with E-state index in [1.54, 1.807) is 0 Å². The topological polar surface area (TPSA) is 73.1 Å². The molecular formula is C19H27N5O. The number of H-pyrrole nitrogens is 1. The summed E-state index contributed by atoms with van der Waals surface area (Å²) < 4.78 is 0. The second kappa shape index (κ2) is 7.14. The van der Waals surface area contributed by atoms with Gasteiger partial charge in [0, 0.05) is 17.6 Å². The van der Waals surface area contributed by atoms with Gasteiger partial charge in [-0.15, -0.1) is 0 Å². The van der Waals surface area contributed by atoms with Crippen molar-refractivity contribution in [1.29, 1.82) is 0 Å². The van der Waals surface area contributed by atoms with E-state index < -0.39 is 0 Å². The van der Waals surface area contributed by atoms with Crippen LogP contribution in [-0.2, 0) is 11.3 Å². The highest BCUT2D eigenvalue weighted by Gasteiger charge is 2.22. The summed E-state index contributed by atoms with van der Waals surface area (Å²) in [4.78, 5) is 23.0. The van der Waals surface area contributed by atoms with Gasteiger partial charge >= 0.3 is 0 Å². The zero-order chi connectivity index (χ0) is 17.2. The molecule has 0 spiro atoms. The Morgan fingerprint density at radius 3 is 2.92 bits per heavy atom. The van der Waals surface area contributed by atoms with Gasteiger partial charge in [-0.3, -0.25) is 9.69 Å². The smallest absolute Gasteiger partial charge is 0.227 e. The van der Waals surface area contributed by atoms with Gasteiger partial charge in [0.2, 0.25) is 5.91 Å². The van der Waals surface area contributed by atoms with E-state index >= 15 is 0 Å². The summed E-state index contributed by atoms with van der Waals surface area (Å²) in [6.07, 6.45) is 4.37. The maximum atomic E-state index is 12.4. The Labute approximate surface area is 148 Å². The molecule has 1 amide bonds. The van der Waals surface area contributed by atoms with Crippen molar-refractivity contribution in [2.45, 2.75) is 45.2 Å². The Morgan fingerprint density at radius 1 is 1.32 bits per heavy atom. The summed E-state index contributed by atoms with van der Waals surface area (Å²) in [5, 5.41) is 6.36. The van der Waals surface area contributed by atoms with Crippen LogP contribution in [0.25, 0.3) is 11.0 Å². The fourth-order valence-electron chi connectivity index (χ4n) is 3.96. The molecule has 1 unspecified atom stereocenters. The molecule has 6 heteroatoms. The number of rotatable bonds is 4. The zero-order valence-corrected chi connectivity index (χ0v) is 14.8. The number of anilines is 1. The minimum atomic E-state index is 0.117. The second-order valence-corrected chi connectivity index (χ2v) is 7.39. The molecule has 2 saturated heterocycles. The van der Waals surface area contributed by atoms with Crippen molar-refractivity contribution in [2.24, 2.45) is 5.92 Å². The average Bonchev–Trinajstić information content (AvgIpc) is 3.21. The molecule has 2 aliphatic heterocycles. The van der Waals surface area contributed by atoms with Crippen molar-refractivity contribution in [3.63, 3.8) is 0 Å². The maximum Gasteiger partial charge on any atom is 0.227 e. The number of likely N-dealkylation sites (tertiary alicyclic amines) is 1. The largest absolute Gasteiger partial charge is 0.341 e. The second-order valence-electron chi connectivity index (χ2n) is 7.39. The molecule has 0 aliphatic carbocycles. The quantitative estimate of drug-likeness (QED) is 0.799. The van der Waals surface area contributed by atoms with E-state index in [4.69, 9.17) is 4.98 Å². The van der Waals surface area contributed by atoms with Gasteiger partial charge in [-0.05, 0) is 70.4 Å². The predicted molar refractivity (Wildman–Crippen MR) is 99.4 cm³/mol. The summed E-state index contributed by atoms with van der Waals surface area (Å²) in [5.74, 6) is 1.25. The van der Waals surface area contributed by atoms with Gasteiger partial charge in [0.15, 0.2) is 0 Å². The molecule has 6 nitrogen and oxygen atoms in total. The first-order valence-electron chi connectivity index (χ1n) is 9.43. The Bertz CT molecular complexity index is 749. The van der Waals surface area contributed by atoms with Crippen LogP contribution in [0.4, 0.5) is 5.69 Å². The Balaban J connectivity index is 1.45. The SMILES string of the molecule is CC1CCCN1Cc1nc2ccc(NC(=O)C3CCNCC3)cc2[nH]1. The van der Waals surface area contributed by atoms with E-state index in [1.165, 1.54) is 12.8 Å². The molecule has 4 rings (SSSR count). The van der Waals surface area contributed by atoms with Crippen LogP contribution >= 0.6 is 0 Å². The molecule has 134 valence electrons. The number of nitrogens with zero attached hydrogens (tertiary/aromatic N) is 2. The molecule has 2 fully saturated rings. The molecule has 1 aromatic carbocycles. The summed E-state index contributed by atoms with van der Waals surface area (Å²) in [7, 11) is 0. The van der Waals surface area contributed by atoms with E-state index in [9.17, 15) is 4.79 Å². The van der Waals surface area contributed by atoms with Crippen molar-refractivity contribution < 1.29 is 4.79 Å². The van der Waals surface area contributed by atoms with E-state index in [0.717, 1.165) is 61.6 Å². The first-order chi connectivity index (χ1) is 12.2. The van der Waals surface area contributed by atoms with Crippen molar-refractivity contribution in [2.75, 3.05) is 25.0 Å². The number of aromatic nitrogens is 2. The first kappa shape index (κ1) is 16.5. The van der Waals surface area contributed by atoms with Gasteiger partial charge in [0.1, 0.15) is 5.82 Å². The van der Waals surface area contributed by atoms with Crippen LogP contribution < -0.4 is 10.6 Å². The minimum absolute atomic E-state index is 0.117. The number of aromatic amines is 1. The molecule has 25 heavy (non-hydrogen) atoms. The molecule has 0 bridgehead atoms. The number of carbonyl (C=O) groups is 1. The Hall–Kier alpha value is -1.92. The van der Waals surface area contributed by atoms with Crippen LogP contribution in [0.2, 0.25) is 0 Å². The maximum absolute atomic E-state index is 12.4. The van der Waals surface area contributed by atoms with Crippen molar-refractivity contribution in [3.8, 4) is 0 Å². The van der Waals surface area contributed by atoms with Crippen LogP contribution in [0.1, 0.15) is 38.4 Å². The van der Waals surface area contributed by atoms with Crippen molar-refractivity contribution >= 4 is 22.6 Å². The fourth-order valence-corrected chi connectivity index (χ4v) is 3.96. The number of benzene rings is 1. The Kier molecular flexibility index (Phi) is 4.72. The van der Waals surface area contributed by atoms with Gasteiger partial charge in [0.25, 0.3) is 0 Å². The average molecular weight is 341 g/mol. The van der Waals surface area contributed by atoms with Gasteiger partial charge in [0.05, 0.1) is 17.6 Å². The van der Waals surface area contributed by atoms with E-state index in [1.807, 2.05) is 18.2 Å². The van der Waals surface area contributed by atoms with Gasteiger partial charge in [-0.2, -0.15) is 0 Å². The fraction of sp³-hybridized carbons (Fsp3) is 0.579. The standard InChI is InChI=1S/C19H27N5O/c1-13-3-2-10-24(13)12-18-22-16-5-4-15(11-17(16)23-18)21-19(25)14-6-8-20-9-7-14/h4-5,11,13-14,20H,2-3,6-10,12H2,1H3,(H,21,25)(H,22,23). The summed E-state index contributed by atoms with van der Waals surface area (Å²) in [6.45, 7) is 6.15. The van der Waals surface area contributed by atoms with Crippen molar-refractivity contribution in [1.82, 2.24) is 20.2 Å². The van der Waals surface area contributed by atoms with E-state index in [-0.39, 0.29) is 11.8 Å². The van der Waals surface area contributed by atoms with Gasteiger partial charge in [-0.1, -0.05) is 0 Å². The zero-order valence-electron chi connectivity index (χ0n) is 14.8. The number of hydrogen-bond donors (Lipinski definition) is 3. The normalized spacial score (nSPS) is 22.5. The molecule has 3 heterocycles. The third-order valence-corrected chi connectivity index (χ3v) is 5.55. The van der Waals surface area contributed by atoms with Gasteiger partial charge in [-0.25, -0.2) is 4.98 Å². The third-order valence-electron chi connectivity index (χ3n) is 5.55. The van der Waals surface area contributed by atoms with Gasteiger partial charge < -0.3 is 15.6 Å². The number of nitrogens with one attached hydrogen (secondary N) is 3. The number of carbonyl (C=O) groups excluding carboxylic acids is 1. The summed E-state index contributed by atoms with van der Waals surface area (Å²) in [6, 6.07) is 6.57. The highest BCUT2D eigenvalue weighted by molar-refractivity contribution is 5.94. The molecular weight excluding hydrogens is 314 g/mol. The summed E-state index contributed by atoms with van der Waals surface area (Å²) in [5.41, 5.74) is 2.80. The molecule has 1 atom stereocenters. The monoisotopic (exact) mass is 341 g/mol. The van der Waals surface area contributed by atoms with Crippen LogP contribution in [0.15, 0.2) is 18.2 Å². The number of piperidine rings is 1. The van der Waals surface area contributed by atoms with Crippen LogP contribution in [0.5, 0.6) is 0 Å². The highest BCUT2D eigenvalue weighted by Crippen LogP contribution is 2.22. The van der Waals surface area contributed by atoms with E-state index in [0.29, 0.717) is 6.04 Å². The third kappa shape index (κ3) is 3.70. The molecule has 0 saturated carbocycles. The lowest BCUT2D eigenvalue weighted by molar-refractivity contribution is -0.120. The molecule has 2 aliphatic rings. The predicted octanol–water partition coefficient (Wildman–Crippen LogP) is 2.49. The van der Waals surface area contributed by atoms with E-state index in [2.05, 4.69) is 27.4 Å². The van der Waals surface area contributed by atoms with Crippen LogP contribution in [-0.4, -0.2) is 46.5 Å². The van der Waals surface area contributed by atoms with Crippen molar-refractivity contribution in [3.05, 3.63) is 24.0 Å². The van der Waals surface area contributed by atoms with Crippen LogP contribution in [0.3, 0.4) is 0 Å². The van der Waals surface area contributed by atoms with Crippen LogP contribution in [0, 0.1) is 5.92 Å². The number of amides is 1. The number of fused-ring (bicyclic) bond motifs is 1. The number of imidazole rings is 1. The lowest BCUT2D eigenvalue weighted by atomic mass is 9.97. The molecule has 0 radical (unpaired) electrons.